The average molecular weight is 375 g/mol. The maximum absolute atomic E-state index is 11.9. The first-order valence-electron chi connectivity index (χ1n) is 10.5. The molecule has 5 heteroatoms. The van der Waals surface area contributed by atoms with Crippen LogP contribution in [0.4, 0.5) is 0 Å². The number of hydrogen-bond acceptors (Lipinski definition) is 3. The van der Waals surface area contributed by atoms with Crippen LogP contribution in [0.3, 0.4) is 0 Å². The van der Waals surface area contributed by atoms with Gasteiger partial charge in [0, 0.05) is 6.42 Å². The molecule has 0 heterocycles. The quantitative estimate of drug-likeness (QED) is 0.214. The Balaban J connectivity index is 4.11. The highest BCUT2D eigenvalue weighted by atomic mass is 16.5. The minimum absolute atomic E-state index is 0.0239. The summed E-state index contributed by atoms with van der Waals surface area (Å²) < 4.78 is -0.0239. The minimum Gasteiger partial charge on any atom is -0.476 e. The molecule has 0 amide bonds. The largest absolute Gasteiger partial charge is 0.476 e. The molecule has 0 aromatic rings. The van der Waals surface area contributed by atoms with Gasteiger partial charge in [0.1, 0.15) is 0 Å². The molecule has 26 heavy (non-hydrogen) atoms. The van der Waals surface area contributed by atoms with Crippen LogP contribution >= 0.6 is 0 Å². The van der Waals surface area contributed by atoms with Crippen LogP contribution < -0.4 is 0 Å². The van der Waals surface area contributed by atoms with Crippen LogP contribution in [0.2, 0.25) is 0 Å². The number of carboxylic acid groups (broad SMARTS) is 1. The Labute approximate surface area is 161 Å². The lowest BCUT2D eigenvalue weighted by atomic mass is 9.81. The lowest BCUT2D eigenvalue weighted by Crippen LogP contribution is -2.73. The van der Waals surface area contributed by atoms with Crippen LogP contribution in [0.15, 0.2) is 0 Å². The van der Waals surface area contributed by atoms with E-state index in [-0.39, 0.29) is 10.9 Å². The number of hydrogen-bond donors (Lipinski definition) is 3. The third-order valence-electron chi connectivity index (χ3n) is 5.67. The van der Waals surface area contributed by atoms with Gasteiger partial charge >= 0.3 is 5.97 Å². The number of aliphatic carboxylic acids is 1. The molecule has 0 aliphatic carbocycles. The number of nitrogens with zero attached hydrogens (tertiary/aromatic N) is 1. The Morgan fingerprint density at radius 3 is 1.38 bits per heavy atom. The van der Waals surface area contributed by atoms with Gasteiger partial charge in [-0.15, -0.1) is 0 Å². The van der Waals surface area contributed by atoms with E-state index in [4.69, 9.17) is 0 Å². The molecule has 5 nitrogen and oxygen atoms in total. The summed E-state index contributed by atoms with van der Waals surface area (Å²) >= 11 is 0. The van der Waals surface area contributed by atoms with Crippen molar-refractivity contribution in [1.29, 1.82) is 0 Å². The predicted octanol–water partition coefficient (Wildman–Crippen LogP) is 4.31. The van der Waals surface area contributed by atoms with Gasteiger partial charge in [-0.3, -0.25) is 0 Å². The van der Waals surface area contributed by atoms with Crippen molar-refractivity contribution < 1.29 is 24.6 Å². The van der Waals surface area contributed by atoms with Crippen molar-refractivity contribution in [2.45, 2.75) is 109 Å². The summed E-state index contributed by atoms with van der Waals surface area (Å²) in [6.45, 7) is 3.42. The van der Waals surface area contributed by atoms with Gasteiger partial charge in [0.25, 0.3) is 0 Å². The molecule has 0 aromatic carbocycles. The Morgan fingerprint density at radius 2 is 1.12 bits per heavy atom. The van der Waals surface area contributed by atoms with E-state index in [0.717, 1.165) is 12.8 Å². The van der Waals surface area contributed by atoms with Gasteiger partial charge in [0.2, 0.25) is 11.3 Å². The molecule has 3 N–H and O–H groups in total. The summed E-state index contributed by atoms with van der Waals surface area (Å²) in [5.74, 6) is -3.42. The van der Waals surface area contributed by atoms with Crippen LogP contribution in [0.25, 0.3) is 0 Å². The molecular weight excluding hydrogens is 330 g/mol. The molecule has 0 spiro atoms. The Bertz CT molecular complexity index is 368. The molecule has 0 aliphatic rings. The summed E-state index contributed by atoms with van der Waals surface area (Å²) in [5.41, 5.74) is -1.62. The van der Waals surface area contributed by atoms with Crippen LogP contribution in [-0.2, 0) is 4.79 Å². The van der Waals surface area contributed by atoms with E-state index >= 15 is 0 Å². The van der Waals surface area contributed by atoms with Gasteiger partial charge in [0.05, 0.1) is 21.1 Å². The van der Waals surface area contributed by atoms with Crippen molar-refractivity contribution in [3.63, 3.8) is 0 Å². The van der Waals surface area contributed by atoms with Gasteiger partial charge in [0.15, 0.2) is 0 Å². The lowest BCUT2D eigenvalue weighted by Gasteiger charge is -2.48. The molecule has 0 aliphatic heterocycles. The second-order valence-corrected chi connectivity index (χ2v) is 8.84. The van der Waals surface area contributed by atoms with E-state index in [9.17, 15) is 20.1 Å². The molecule has 0 bridgehead atoms. The van der Waals surface area contributed by atoms with E-state index < -0.39 is 17.3 Å². The van der Waals surface area contributed by atoms with E-state index in [2.05, 4.69) is 6.92 Å². The third-order valence-corrected chi connectivity index (χ3v) is 5.67. The number of unbranched alkanes of at least 4 members (excludes halogenated alkanes) is 11. The zero-order valence-corrected chi connectivity index (χ0v) is 17.9. The SMILES string of the molecule is CCCCCCCCCCCCCCC(C(=O)O)(C(C)(O)O)[N+](C)(C)C. The zero-order chi connectivity index (χ0) is 20.3. The fourth-order valence-corrected chi connectivity index (χ4v) is 4.03. The fraction of sp³-hybridized carbons (Fsp3) is 0.952. The highest BCUT2D eigenvalue weighted by Crippen LogP contribution is 2.35. The van der Waals surface area contributed by atoms with E-state index in [0.29, 0.717) is 6.42 Å². The smallest absolute Gasteiger partial charge is 0.371 e. The fourth-order valence-electron chi connectivity index (χ4n) is 4.03. The van der Waals surface area contributed by atoms with Crippen LogP contribution in [0.5, 0.6) is 0 Å². The maximum atomic E-state index is 11.9. The first-order chi connectivity index (χ1) is 12.0. The highest BCUT2D eigenvalue weighted by Gasteiger charge is 2.62. The molecule has 0 radical (unpaired) electrons. The van der Waals surface area contributed by atoms with Gasteiger partial charge in [-0.25, -0.2) is 4.79 Å². The predicted molar refractivity (Wildman–Crippen MR) is 107 cm³/mol. The van der Waals surface area contributed by atoms with Gasteiger partial charge in [-0.2, -0.15) is 0 Å². The number of carbonyl (C=O) groups is 1. The molecule has 0 saturated carbocycles. The second kappa shape index (κ2) is 11.9. The molecule has 0 saturated heterocycles. The summed E-state index contributed by atoms with van der Waals surface area (Å²) in [7, 11) is 5.12. The van der Waals surface area contributed by atoms with E-state index in [1.165, 1.54) is 64.7 Å². The van der Waals surface area contributed by atoms with Crippen molar-refractivity contribution in [2.75, 3.05) is 21.1 Å². The van der Waals surface area contributed by atoms with Gasteiger partial charge in [-0.1, -0.05) is 77.6 Å². The van der Waals surface area contributed by atoms with Crippen molar-refractivity contribution >= 4 is 5.97 Å². The van der Waals surface area contributed by atoms with Gasteiger partial charge < -0.3 is 19.8 Å². The van der Waals surface area contributed by atoms with Crippen molar-refractivity contribution in [3.05, 3.63) is 0 Å². The number of likely N-dealkylation sites (N-methyl/N-ethyl adjacent to an activating group) is 1. The second-order valence-electron chi connectivity index (χ2n) is 8.84. The van der Waals surface area contributed by atoms with E-state index in [1.54, 1.807) is 21.1 Å². The minimum atomic E-state index is -2.27. The molecule has 0 fully saturated rings. The average Bonchev–Trinajstić information content (AvgIpc) is 2.49. The first kappa shape index (κ1) is 25.4. The number of quaternary nitrogens is 1. The topological polar surface area (TPSA) is 77.8 Å². The highest BCUT2D eigenvalue weighted by molar-refractivity contribution is 5.78. The summed E-state index contributed by atoms with van der Waals surface area (Å²) in [6.07, 6.45) is 14.7. The van der Waals surface area contributed by atoms with Crippen LogP contribution in [0.1, 0.15) is 97.3 Å². The first-order valence-corrected chi connectivity index (χ1v) is 10.5. The summed E-state index contributed by atoms with van der Waals surface area (Å²) in [6, 6.07) is 0. The molecule has 0 aromatic heterocycles. The van der Waals surface area contributed by atoms with Crippen molar-refractivity contribution in [3.8, 4) is 0 Å². The number of aliphatic hydroxyl groups is 2. The molecule has 1 unspecified atom stereocenters. The maximum Gasteiger partial charge on any atom is 0.371 e. The van der Waals surface area contributed by atoms with Gasteiger partial charge in [-0.05, 0) is 13.3 Å². The van der Waals surface area contributed by atoms with Crippen molar-refractivity contribution in [1.82, 2.24) is 0 Å². The molecule has 156 valence electrons. The molecular formula is C21H44NO4+. The van der Waals surface area contributed by atoms with Crippen molar-refractivity contribution in [2.24, 2.45) is 0 Å². The van der Waals surface area contributed by atoms with Crippen LogP contribution in [-0.4, -0.2) is 58.2 Å². The Kier molecular flexibility index (Phi) is 11.6. The number of carboxylic acids is 1. The Hall–Kier alpha value is -0.650. The molecule has 1 atom stereocenters. The lowest BCUT2D eigenvalue weighted by molar-refractivity contribution is -0.927. The molecule has 0 rings (SSSR count). The third kappa shape index (κ3) is 7.93. The zero-order valence-electron chi connectivity index (χ0n) is 17.9. The summed E-state index contributed by atoms with van der Waals surface area (Å²) in [5, 5.41) is 30.1. The monoisotopic (exact) mass is 374 g/mol. The van der Waals surface area contributed by atoms with Crippen LogP contribution in [0, 0.1) is 0 Å². The normalized spacial score (nSPS) is 15.0. The number of rotatable bonds is 16. The Morgan fingerprint density at radius 1 is 0.769 bits per heavy atom. The summed E-state index contributed by atoms with van der Waals surface area (Å²) in [4.78, 5) is 11.9. The van der Waals surface area contributed by atoms with E-state index in [1.807, 2.05) is 0 Å². The standard InChI is InChI=1S/C21H43NO4/c1-6-7-8-9-10-11-12-13-14-15-16-17-18-21(19(23)24,20(2,25)26)22(3,4)5/h25-26H,6-18H2,1-5H3/p+1.